The quantitative estimate of drug-likeness (QED) is 0.749. The lowest BCUT2D eigenvalue weighted by Gasteiger charge is -2.02. The molecule has 1 heterocycles. The van der Waals surface area contributed by atoms with Gasteiger partial charge >= 0.3 is 0 Å². The van der Waals surface area contributed by atoms with Gasteiger partial charge in [-0.1, -0.05) is 7.43 Å². The summed E-state index contributed by atoms with van der Waals surface area (Å²) in [5.41, 5.74) is 0. The SMILES string of the molecule is C.CC(C#N)n1nc(Br)c(Br)c1Br. The van der Waals surface area contributed by atoms with Crippen LogP contribution in [-0.4, -0.2) is 9.78 Å². The largest absolute Gasteiger partial charge is 0.239 e. The number of nitrogens with zero attached hydrogens (tertiary/aromatic N) is 3. The van der Waals surface area contributed by atoms with Gasteiger partial charge in [-0.25, -0.2) is 4.68 Å². The Morgan fingerprint density at radius 3 is 2.31 bits per heavy atom. The van der Waals surface area contributed by atoms with Gasteiger partial charge in [0.25, 0.3) is 0 Å². The summed E-state index contributed by atoms with van der Waals surface area (Å²) >= 11 is 9.87. The minimum absolute atomic E-state index is 0. The van der Waals surface area contributed by atoms with Gasteiger partial charge in [-0.15, -0.1) is 0 Å². The van der Waals surface area contributed by atoms with Crippen molar-refractivity contribution in [1.82, 2.24) is 9.78 Å². The minimum Gasteiger partial charge on any atom is -0.239 e. The molecule has 0 N–H and O–H groups in total. The monoisotopic (exact) mass is 371 g/mol. The fourth-order valence-electron chi connectivity index (χ4n) is 0.679. The molecule has 1 unspecified atom stereocenters. The maximum atomic E-state index is 8.65. The molecular formula is C7H8Br3N3. The Kier molecular flexibility index (Phi) is 5.18. The Balaban J connectivity index is 0.00000144. The smallest absolute Gasteiger partial charge is 0.143 e. The first-order valence-electron chi connectivity index (χ1n) is 3.06. The first-order chi connectivity index (χ1) is 5.57. The summed E-state index contributed by atoms with van der Waals surface area (Å²) in [6.07, 6.45) is 0. The Morgan fingerprint density at radius 1 is 1.46 bits per heavy atom. The number of halogens is 3. The fraction of sp³-hybridized carbons (Fsp3) is 0.429. The van der Waals surface area contributed by atoms with Crippen LogP contribution in [0.2, 0.25) is 0 Å². The average Bonchev–Trinajstić information content (AvgIpc) is 2.32. The van der Waals surface area contributed by atoms with Crippen LogP contribution in [0.5, 0.6) is 0 Å². The zero-order chi connectivity index (χ0) is 9.30. The number of hydrogen-bond donors (Lipinski definition) is 0. The van der Waals surface area contributed by atoms with Crippen LogP contribution >= 0.6 is 47.8 Å². The Morgan fingerprint density at radius 2 is 2.00 bits per heavy atom. The summed E-state index contributed by atoms with van der Waals surface area (Å²) in [7, 11) is 0. The molecule has 6 heteroatoms. The van der Waals surface area contributed by atoms with E-state index in [2.05, 4.69) is 59.0 Å². The third kappa shape index (κ3) is 2.55. The van der Waals surface area contributed by atoms with E-state index in [1.165, 1.54) is 0 Å². The molecular weight excluding hydrogens is 366 g/mol. The zero-order valence-corrected chi connectivity index (χ0v) is 10.8. The molecule has 0 saturated heterocycles. The molecule has 1 rings (SSSR count). The third-order valence-electron chi connectivity index (χ3n) is 1.31. The van der Waals surface area contributed by atoms with Crippen molar-refractivity contribution in [3.8, 4) is 6.07 Å². The van der Waals surface area contributed by atoms with Gasteiger partial charge < -0.3 is 0 Å². The van der Waals surface area contributed by atoms with Crippen LogP contribution in [0.3, 0.4) is 0 Å². The molecule has 0 spiro atoms. The normalized spacial score (nSPS) is 11.6. The lowest BCUT2D eigenvalue weighted by molar-refractivity contribution is 0.575. The van der Waals surface area contributed by atoms with E-state index in [-0.39, 0.29) is 13.5 Å². The van der Waals surface area contributed by atoms with Crippen molar-refractivity contribution in [2.45, 2.75) is 20.4 Å². The van der Waals surface area contributed by atoms with Gasteiger partial charge in [0.15, 0.2) is 0 Å². The van der Waals surface area contributed by atoms with Crippen molar-refractivity contribution in [2.24, 2.45) is 0 Å². The molecule has 1 aromatic heterocycles. The second-order valence-corrected chi connectivity index (χ2v) is 4.44. The molecule has 0 bridgehead atoms. The lowest BCUT2D eigenvalue weighted by Crippen LogP contribution is -2.04. The summed E-state index contributed by atoms with van der Waals surface area (Å²) in [4.78, 5) is 0. The van der Waals surface area contributed by atoms with Gasteiger partial charge in [-0.05, 0) is 54.7 Å². The van der Waals surface area contributed by atoms with Crippen molar-refractivity contribution in [3.63, 3.8) is 0 Å². The van der Waals surface area contributed by atoms with Crippen LogP contribution in [0.4, 0.5) is 0 Å². The van der Waals surface area contributed by atoms with Crippen LogP contribution in [0.1, 0.15) is 20.4 Å². The Bertz CT molecular complexity index is 339. The number of aromatic nitrogens is 2. The number of hydrogen-bond acceptors (Lipinski definition) is 2. The molecule has 13 heavy (non-hydrogen) atoms. The van der Waals surface area contributed by atoms with E-state index >= 15 is 0 Å². The first kappa shape index (κ1) is 13.1. The van der Waals surface area contributed by atoms with Crippen LogP contribution < -0.4 is 0 Å². The Hall–Kier alpha value is 0.140. The van der Waals surface area contributed by atoms with E-state index in [1.54, 1.807) is 11.6 Å². The molecule has 3 nitrogen and oxygen atoms in total. The minimum atomic E-state index is -0.276. The maximum absolute atomic E-state index is 8.65. The van der Waals surface area contributed by atoms with E-state index in [4.69, 9.17) is 5.26 Å². The third-order valence-corrected chi connectivity index (χ3v) is 4.44. The highest BCUT2D eigenvalue weighted by Crippen LogP contribution is 2.31. The van der Waals surface area contributed by atoms with E-state index in [0.29, 0.717) is 4.60 Å². The first-order valence-corrected chi connectivity index (χ1v) is 5.44. The highest BCUT2D eigenvalue weighted by atomic mass is 79.9. The highest BCUT2D eigenvalue weighted by molar-refractivity contribution is 9.14. The van der Waals surface area contributed by atoms with Crippen LogP contribution in [-0.2, 0) is 0 Å². The number of rotatable bonds is 1. The Labute approximate surface area is 102 Å². The molecule has 0 saturated carbocycles. The summed E-state index contributed by atoms with van der Waals surface area (Å²) in [5.74, 6) is 0. The second kappa shape index (κ2) is 5.13. The predicted octanol–water partition coefficient (Wildman–Crippen LogP) is 3.89. The molecule has 72 valence electrons. The van der Waals surface area contributed by atoms with Gasteiger partial charge in [0.2, 0.25) is 0 Å². The van der Waals surface area contributed by atoms with E-state index in [1.807, 2.05) is 0 Å². The van der Waals surface area contributed by atoms with E-state index < -0.39 is 0 Å². The van der Waals surface area contributed by atoms with Crippen LogP contribution in [0, 0.1) is 11.3 Å². The highest BCUT2D eigenvalue weighted by Gasteiger charge is 2.14. The average molecular weight is 374 g/mol. The summed E-state index contributed by atoms with van der Waals surface area (Å²) in [6.45, 7) is 1.77. The van der Waals surface area contributed by atoms with Crippen LogP contribution in [0.25, 0.3) is 0 Å². The summed E-state index contributed by atoms with van der Waals surface area (Å²) in [5, 5.41) is 12.7. The molecule has 0 fully saturated rings. The van der Waals surface area contributed by atoms with Crippen LogP contribution in [0.15, 0.2) is 13.7 Å². The van der Waals surface area contributed by atoms with Gasteiger partial charge in [-0.2, -0.15) is 10.4 Å². The molecule has 0 aromatic carbocycles. The summed E-state index contributed by atoms with van der Waals surface area (Å²) < 4.78 is 3.87. The fourth-order valence-corrected chi connectivity index (χ4v) is 2.14. The maximum Gasteiger partial charge on any atom is 0.143 e. The standard InChI is InChI=1S/C6H4Br3N3.CH4/c1-3(2-10)12-6(9)4(7)5(8)11-12;/h3H,1H3;1H4. The van der Waals surface area contributed by atoms with Gasteiger partial charge in [0.1, 0.15) is 15.2 Å². The predicted molar refractivity (Wildman–Crippen MR) is 62.4 cm³/mol. The topological polar surface area (TPSA) is 41.6 Å². The van der Waals surface area contributed by atoms with Gasteiger partial charge in [0.05, 0.1) is 10.5 Å². The molecule has 0 amide bonds. The lowest BCUT2D eigenvalue weighted by atomic mass is 10.4. The molecule has 0 aliphatic carbocycles. The van der Waals surface area contributed by atoms with Crippen molar-refractivity contribution in [3.05, 3.63) is 13.7 Å². The van der Waals surface area contributed by atoms with Crippen molar-refractivity contribution >= 4 is 47.8 Å². The molecule has 1 aromatic rings. The molecule has 0 aliphatic heterocycles. The van der Waals surface area contributed by atoms with Gasteiger partial charge in [0, 0.05) is 0 Å². The molecule has 0 aliphatic rings. The molecule has 1 atom stereocenters. The zero-order valence-electron chi connectivity index (χ0n) is 6.05. The van der Waals surface area contributed by atoms with Crippen molar-refractivity contribution < 1.29 is 0 Å². The van der Waals surface area contributed by atoms with Gasteiger partial charge in [-0.3, -0.25) is 0 Å². The summed E-state index contributed by atoms with van der Waals surface area (Å²) in [6, 6.07) is 1.82. The van der Waals surface area contributed by atoms with E-state index in [0.717, 1.165) is 9.08 Å². The van der Waals surface area contributed by atoms with Crippen molar-refractivity contribution in [1.29, 1.82) is 5.26 Å². The number of nitriles is 1. The second-order valence-electron chi connectivity index (χ2n) is 2.15. The molecule has 0 radical (unpaired) electrons. The van der Waals surface area contributed by atoms with Crippen molar-refractivity contribution in [2.75, 3.05) is 0 Å². The van der Waals surface area contributed by atoms with E-state index in [9.17, 15) is 0 Å².